The first-order valence-corrected chi connectivity index (χ1v) is 5.22. The summed E-state index contributed by atoms with van der Waals surface area (Å²) in [6.07, 6.45) is 2.67. The van der Waals surface area contributed by atoms with Gasteiger partial charge >= 0.3 is 0 Å². The molecule has 0 saturated carbocycles. The zero-order chi connectivity index (χ0) is 7.40. The first kappa shape index (κ1) is 8.41. The molecule has 1 aliphatic rings. The lowest BCUT2D eigenvalue weighted by molar-refractivity contribution is 0.481. The molecule has 1 heterocycles. The van der Waals surface area contributed by atoms with Crippen LogP contribution in [0.2, 0.25) is 0 Å². The van der Waals surface area contributed by atoms with Crippen LogP contribution in [0.15, 0.2) is 0 Å². The van der Waals surface area contributed by atoms with Gasteiger partial charge in [0.1, 0.15) is 0 Å². The van der Waals surface area contributed by atoms with Crippen molar-refractivity contribution in [3.63, 3.8) is 0 Å². The van der Waals surface area contributed by atoms with Gasteiger partial charge in [0.25, 0.3) is 0 Å². The van der Waals surface area contributed by atoms with Crippen molar-refractivity contribution in [2.75, 3.05) is 12.3 Å². The minimum absolute atomic E-state index is 0.759. The molecule has 1 aliphatic heterocycles. The van der Waals surface area contributed by atoms with Crippen molar-refractivity contribution in [3.05, 3.63) is 0 Å². The van der Waals surface area contributed by atoms with Crippen LogP contribution in [0.4, 0.5) is 0 Å². The number of hydrogen-bond donors (Lipinski definition) is 1. The van der Waals surface area contributed by atoms with Gasteiger partial charge in [-0.1, -0.05) is 20.3 Å². The number of thioether (sulfide) groups is 1. The topological polar surface area (TPSA) is 12.0 Å². The second-order valence-corrected chi connectivity index (χ2v) is 4.37. The normalized spacial score (nSPS) is 28.8. The molecule has 1 N–H and O–H groups in total. The van der Waals surface area contributed by atoms with Gasteiger partial charge in [-0.25, -0.2) is 0 Å². The molecule has 2 heteroatoms. The summed E-state index contributed by atoms with van der Waals surface area (Å²) in [6, 6.07) is 0. The third kappa shape index (κ3) is 2.51. The largest absolute Gasteiger partial charge is 0.305 e. The summed E-state index contributed by atoms with van der Waals surface area (Å²) in [7, 11) is 0. The highest BCUT2D eigenvalue weighted by Gasteiger charge is 2.15. The molecule has 0 aromatic heterocycles. The van der Waals surface area contributed by atoms with Gasteiger partial charge in [-0.3, -0.25) is 0 Å². The molecule has 60 valence electrons. The Labute approximate surface area is 68.0 Å². The molecule has 0 spiro atoms. The van der Waals surface area contributed by atoms with E-state index in [1.807, 2.05) is 0 Å². The average molecular weight is 159 g/mol. The van der Waals surface area contributed by atoms with Crippen LogP contribution in [0.25, 0.3) is 0 Å². The highest BCUT2D eigenvalue weighted by Crippen LogP contribution is 2.21. The van der Waals surface area contributed by atoms with Crippen molar-refractivity contribution in [3.8, 4) is 0 Å². The Morgan fingerprint density at radius 1 is 1.70 bits per heavy atom. The molecule has 0 aromatic carbocycles. The summed E-state index contributed by atoms with van der Waals surface area (Å²) in [5, 5.41) is 4.24. The van der Waals surface area contributed by atoms with Gasteiger partial charge in [0, 0.05) is 12.3 Å². The third-order valence-corrected chi connectivity index (χ3v) is 3.31. The molecule has 1 rings (SSSR count). The summed E-state index contributed by atoms with van der Waals surface area (Å²) in [5.41, 5.74) is 0. The molecule has 1 saturated heterocycles. The lowest BCUT2D eigenvalue weighted by Gasteiger charge is -2.13. The molecule has 0 aromatic rings. The molecule has 2 unspecified atom stereocenters. The fraction of sp³-hybridized carbons (Fsp3) is 1.00. The average Bonchev–Trinajstić information content (AvgIpc) is 2.40. The zero-order valence-corrected chi connectivity index (χ0v) is 7.71. The van der Waals surface area contributed by atoms with Crippen LogP contribution in [0.1, 0.15) is 26.7 Å². The van der Waals surface area contributed by atoms with E-state index in [0.717, 1.165) is 11.3 Å². The van der Waals surface area contributed by atoms with Gasteiger partial charge in [-0.2, -0.15) is 0 Å². The molecule has 1 fully saturated rings. The van der Waals surface area contributed by atoms with E-state index in [1.165, 1.54) is 25.1 Å². The second-order valence-electron chi connectivity index (χ2n) is 3.06. The summed E-state index contributed by atoms with van der Waals surface area (Å²) in [6.45, 7) is 5.82. The first-order valence-electron chi connectivity index (χ1n) is 4.18. The molecule has 0 amide bonds. The van der Waals surface area contributed by atoms with Crippen LogP contribution < -0.4 is 5.32 Å². The van der Waals surface area contributed by atoms with Gasteiger partial charge in [-0.05, 0) is 12.3 Å². The summed E-state index contributed by atoms with van der Waals surface area (Å²) in [4.78, 5) is 0. The Balaban J connectivity index is 2.11. The predicted octanol–water partition coefficient (Wildman–Crippen LogP) is 2.09. The van der Waals surface area contributed by atoms with Crippen LogP contribution >= 0.6 is 11.8 Å². The van der Waals surface area contributed by atoms with Crippen molar-refractivity contribution < 1.29 is 0 Å². The zero-order valence-electron chi connectivity index (χ0n) is 6.89. The molecule has 1 nitrogen and oxygen atoms in total. The minimum Gasteiger partial charge on any atom is -0.305 e. The van der Waals surface area contributed by atoms with Crippen LogP contribution in [-0.4, -0.2) is 17.7 Å². The highest BCUT2D eigenvalue weighted by molar-refractivity contribution is 8.00. The Kier molecular flexibility index (Phi) is 3.57. The minimum atomic E-state index is 0.759. The van der Waals surface area contributed by atoms with Crippen LogP contribution in [0.5, 0.6) is 0 Å². The summed E-state index contributed by atoms with van der Waals surface area (Å²) < 4.78 is 0. The van der Waals surface area contributed by atoms with Gasteiger partial charge in [0.05, 0.1) is 5.37 Å². The fourth-order valence-corrected chi connectivity index (χ4v) is 2.38. The molecule has 10 heavy (non-hydrogen) atoms. The van der Waals surface area contributed by atoms with E-state index in [0.29, 0.717) is 0 Å². The van der Waals surface area contributed by atoms with Gasteiger partial charge < -0.3 is 5.32 Å². The Morgan fingerprint density at radius 3 is 3.00 bits per heavy atom. The molecule has 0 aliphatic carbocycles. The van der Waals surface area contributed by atoms with Crippen LogP contribution in [-0.2, 0) is 0 Å². The maximum Gasteiger partial charge on any atom is 0.0535 e. The summed E-state index contributed by atoms with van der Waals surface area (Å²) >= 11 is 2.07. The molecular formula is C8H17NS. The lowest BCUT2D eigenvalue weighted by Crippen LogP contribution is -2.21. The second kappa shape index (κ2) is 4.24. The lowest BCUT2D eigenvalue weighted by atomic mass is 10.1. The van der Waals surface area contributed by atoms with E-state index in [4.69, 9.17) is 0 Å². The van der Waals surface area contributed by atoms with Crippen LogP contribution in [0.3, 0.4) is 0 Å². The Morgan fingerprint density at radius 2 is 2.50 bits per heavy atom. The first-order chi connectivity index (χ1) is 4.83. The van der Waals surface area contributed by atoms with Gasteiger partial charge in [0.2, 0.25) is 0 Å². The quantitative estimate of drug-likeness (QED) is 0.676. The third-order valence-electron chi connectivity index (χ3n) is 2.11. The van der Waals surface area contributed by atoms with Crippen molar-refractivity contribution in [2.45, 2.75) is 32.1 Å². The van der Waals surface area contributed by atoms with Crippen molar-refractivity contribution in [1.29, 1.82) is 0 Å². The van der Waals surface area contributed by atoms with Crippen LogP contribution in [0, 0.1) is 5.92 Å². The van der Waals surface area contributed by atoms with E-state index in [-0.39, 0.29) is 0 Å². The molecule has 2 atom stereocenters. The Bertz CT molecular complexity index is 89.3. The molecule has 0 radical (unpaired) electrons. The number of rotatable bonds is 3. The van der Waals surface area contributed by atoms with Crippen molar-refractivity contribution in [1.82, 2.24) is 5.32 Å². The standard InChI is InChI=1S/C8H17NS/c1-3-7(2)6-8-9-4-5-10-8/h7-9H,3-6H2,1-2H3. The van der Waals surface area contributed by atoms with E-state index in [2.05, 4.69) is 30.9 Å². The maximum atomic E-state index is 3.48. The monoisotopic (exact) mass is 159 g/mol. The maximum absolute atomic E-state index is 3.48. The number of nitrogens with one attached hydrogen (secondary N) is 1. The predicted molar refractivity (Wildman–Crippen MR) is 48.3 cm³/mol. The highest BCUT2D eigenvalue weighted by atomic mass is 32.2. The SMILES string of the molecule is CCC(C)CC1NCCS1. The molecular weight excluding hydrogens is 142 g/mol. The Hall–Kier alpha value is 0.310. The van der Waals surface area contributed by atoms with E-state index < -0.39 is 0 Å². The van der Waals surface area contributed by atoms with Gasteiger partial charge in [-0.15, -0.1) is 11.8 Å². The van der Waals surface area contributed by atoms with E-state index >= 15 is 0 Å². The van der Waals surface area contributed by atoms with E-state index in [9.17, 15) is 0 Å². The van der Waals surface area contributed by atoms with Gasteiger partial charge in [0.15, 0.2) is 0 Å². The summed E-state index contributed by atoms with van der Waals surface area (Å²) in [5.74, 6) is 2.20. The van der Waals surface area contributed by atoms with Crippen molar-refractivity contribution in [2.24, 2.45) is 5.92 Å². The van der Waals surface area contributed by atoms with E-state index in [1.54, 1.807) is 0 Å². The number of hydrogen-bond acceptors (Lipinski definition) is 2. The van der Waals surface area contributed by atoms with Crippen molar-refractivity contribution >= 4 is 11.8 Å². The smallest absolute Gasteiger partial charge is 0.0535 e. The molecule has 0 bridgehead atoms. The fourth-order valence-electron chi connectivity index (χ4n) is 1.16.